The van der Waals surface area contributed by atoms with E-state index in [1.54, 1.807) is 0 Å². The quantitative estimate of drug-likeness (QED) is 0.473. The number of hydrogen-bond donors (Lipinski definition) is 3. The van der Waals surface area contributed by atoms with Crippen LogP contribution < -0.4 is 5.32 Å². The second-order valence-electron chi connectivity index (χ2n) is 7.94. The number of phenols is 1. The van der Waals surface area contributed by atoms with Crippen LogP contribution in [0.3, 0.4) is 0 Å². The van der Waals surface area contributed by atoms with Crippen LogP contribution in [0.1, 0.15) is 24.8 Å². The van der Waals surface area contributed by atoms with E-state index in [2.05, 4.69) is 10.3 Å². The van der Waals surface area contributed by atoms with Gasteiger partial charge in [-0.15, -0.1) is 0 Å². The molecule has 1 aromatic heterocycles. The third-order valence-corrected chi connectivity index (χ3v) is 7.69. The molecule has 9 heteroatoms. The van der Waals surface area contributed by atoms with Crippen molar-refractivity contribution < 1.29 is 23.1 Å². The van der Waals surface area contributed by atoms with Crippen molar-refractivity contribution >= 4 is 33.1 Å². The summed E-state index contributed by atoms with van der Waals surface area (Å²) in [7, 11) is -3.98. The van der Waals surface area contributed by atoms with Crippen LogP contribution in [0.15, 0.2) is 59.6 Å². The van der Waals surface area contributed by atoms with Crippen molar-refractivity contribution in [1.29, 1.82) is 0 Å². The summed E-state index contributed by atoms with van der Waals surface area (Å²) in [4.78, 5) is 27.9. The number of nitrogens with one attached hydrogen (secondary N) is 2. The molecule has 0 unspecified atom stereocenters. The van der Waals surface area contributed by atoms with Gasteiger partial charge >= 0.3 is 0 Å². The third kappa shape index (κ3) is 4.39. The molecular formula is C23H25N3O5S. The fourth-order valence-electron chi connectivity index (χ4n) is 4.18. The number of hydrogen-bond acceptors (Lipinski definition) is 5. The van der Waals surface area contributed by atoms with E-state index in [4.69, 9.17) is 0 Å². The van der Waals surface area contributed by atoms with Gasteiger partial charge in [0.1, 0.15) is 18.1 Å². The molecule has 4 rings (SSSR count). The Hall–Kier alpha value is -3.17. The lowest BCUT2D eigenvalue weighted by Gasteiger charge is -2.34. The van der Waals surface area contributed by atoms with Crippen LogP contribution >= 0.6 is 0 Å². The summed E-state index contributed by atoms with van der Waals surface area (Å²) >= 11 is 0. The molecule has 1 saturated heterocycles. The highest BCUT2D eigenvalue weighted by molar-refractivity contribution is 7.89. The number of aromatic nitrogens is 1. The Morgan fingerprint density at radius 3 is 2.81 bits per heavy atom. The molecular weight excluding hydrogens is 430 g/mol. The number of aromatic amines is 1. The number of piperidine rings is 1. The number of carbonyl (C=O) groups excluding carboxylic acids is 2. The van der Waals surface area contributed by atoms with E-state index < -0.39 is 28.0 Å². The average molecular weight is 456 g/mol. The Labute approximate surface area is 186 Å². The van der Waals surface area contributed by atoms with E-state index in [0.717, 1.165) is 16.5 Å². The number of carbonyl (C=O) groups is 2. The maximum Gasteiger partial charge on any atom is 0.243 e. The summed E-state index contributed by atoms with van der Waals surface area (Å²) < 4.78 is 27.5. The van der Waals surface area contributed by atoms with Gasteiger partial charge in [0.05, 0.1) is 10.9 Å². The number of nitrogens with zero attached hydrogens (tertiary/aromatic N) is 1. The summed E-state index contributed by atoms with van der Waals surface area (Å²) in [5, 5.41) is 13.4. The number of aromatic hydroxyl groups is 1. The lowest BCUT2D eigenvalue weighted by atomic mass is 10.0. The second kappa shape index (κ2) is 9.13. The number of rotatable bonds is 7. The highest BCUT2D eigenvalue weighted by atomic mass is 32.2. The average Bonchev–Trinajstić information content (AvgIpc) is 3.21. The van der Waals surface area contributed by atoms with E-state index in [0.29, 0.717) is 32.0 Å². The van der Waals surface area contributed by atoms with Gasteiger partial charge in [0.2, 0.25) is 15.9 Å². The largest absolute Gasteiger partial charge is 0.508 e. The molecule has 2 heterocycles. The molecule has 3 aromatic rings. The van der Waals surface area contributed by atoms with Crippen molar-refractivity contribution in [3.63, 3.8) is 0 Å². The number of amides is 1. The number of para-hydroxylation sites is 1. The van der Waals surface area contributed by atoms with Gasteiger partial charge in [-0.2, -0.15) is 4.31 Å². The summed E-state index contributed by atoms with van der Waals surface area (Å²) in [5.74, 6) is -0.658. The Bertz CT molecular complexity index is 1240. The van der Waals surface area contributed by atoms with E-state index in [9.17, 15) is 23.1 Å². The number of benzene rings is 2. The van der Waals surface area contributed by atoms with Crippen molar-refractivity contribution in [3.05, 3.63) is 60.3 Å². The summed E-state index contributed by atoms with van der Waals surface area (Å²) in [6.07, 6.45) is 4.49. The molecule has 2 aromatic carbocycles. The highest BCUT2D eigenvalue weighted by Gasteiger charge is 2.38. The standard InChI is InChI=1S/C23H25N3O5S/c27-15-17(12-16-14-24-21-9-2-1-8-20(16)21)25-23(29)22-10-3-4-11-26(22)32(30,31)19-7-5-6-18(28)13-19/h1-2,5-9,13-15,17,22,24,28H,3-4,10-12H2,(H,25,29)/t17-,22-/m0/s1. The molecule has 1 fully saturated rings. The Morgan fingerprint density at radius 2 is 2.03 bits per heavy atom. The molecule has 1 aliphatic heterocycles. The molecule has 1 amide bonds. The van der Waals surface area contributed by atoms with Gasteiger partial charge < -0.3 is 20.2 Å². The smallest absolute Gasteiger partial charge is 0.243 e. The van der Waals surface area contributed by atoms with Crippen LogP contribution in [-0.2, 0) is 26.0 Å². The molecule has 0 saturated carbocycles. The van der Waals surface area contributed by atoms with Gasteiger partial charge in [-0.05, 0) is 42.7 Å². The first-order chi connectivity index (χ1) is 15.4. The van der Waals surface area contributed by atoms with Gasteiger partial charge in [-0.1, -0.05) is 30.7 Å². The highest BCUT2D eigenvalue weighted by Crippen LogP contribution is 2.27. The van der Waals surface area contributed by atoms with Gasteiger partial charge in [-0.25, -0.2) is 8.42 Å². The lowest BCUT2D eigenvalue weighted by Crippen LogP contribution is -2.54. The van der Waals surface area contributed by atoms with Gasteiger partial charge in [0, 0.05) is 30.1 Å². The molecule has 3 N–H and O–H groups in total. The van der Waals surface area contributed by atoms with Gasteiger partial charge in [0.15, 0.2) is 0 Å². The SMILES string of the molecule is O=C[C@H](Cc1c[nH]c2ccccc12)NC(=O)[C@@H]1CCCCN1S(=O)(=O)c1cccc(O)c1. The predicted octanol–water partition coefficient (Wildman–Crippen LogP) is 2.34. The first-order valence-corrected chi connectivity index (χ1v) is 12.0. The summed E-state index contributed by atoms with van der Waals surface area (Å²) in [5.41, 5.74) is 1.83. The first-order valence-electron chi connectivity index (χ1n) is 10.5. The monoisotopic (exact) mass is 455 g/mol. The van der Waals surface area contributed by atoms with E-state index in [-0.39, 0.29) is 17.2 Å². The molecule has 0 radical (unpaired) electrons. The molecule has 8 nitrogen and oxygen atoms in total. The molecule has 0 spiro atoms. The Balaban J connectivity index is 1.53. The minimum atomic E-state index is -3.98. The van der Waals surface area contributed by atoms with Crippen LogP contribution in [-0.4, -0.2) is 53.6 Å². The Kier molecular flexibility index (Phi) is 6.29. The number of H-pyrrole nitrogens is 1. The van der Waals surface area contributed by atoms with Crippen molar-refractivity contribution in [2.24, 2.45) is 0 Å². The zero-order chi connectivity index (χ0) is 22.7. The fraction of sp³-hybridized carbons (Fsp3) is 0.304. The van der Waals surface area contributed by atoms with Crippen LogP contribution in [0, 0.1) is 0 Å². The maximum absolute atomic E-state index is 13.2. The van der Waals surface area contributed by atoms with Crippen molar-refractivity contribution in [1.82, 2.24) is 14.6 Å². The van der Waals surface area contributed by atoms with E-state index >= 15 is 0 Å². The molecule has 0 aliphatic carbocycles. The molecule has 32 heavy (non-hydrogen) atoms. The van der Waals surface area contributed by atoms with E-state index in [1.807, 2.05) is 30.5 Å². The van der Waals surface area contributed by atoms with Crippen molar-refractivity contribution in [3.8, 4) is 5.75 Å². The summed E-state index contributed by atoms with van der Waals surface area (Å²) in [6.45, 7) is 0.199. The van der Waals surface area contributed by atoms with Crippen LogP contribution in [0.4, 0.5) is 0 Å². The maximum atomic E-state index is 13.2. The number of sulfonamides is 1. The molecule has 1 aliphatic rings. The molecule has 168 valence electrons. The van der Waals surface area contributed by atoms with Crippen molar-refractivity contribution in [2.75, 3.05) is 6.54 Å². The zero-order valence-electron chi connectivity index (χ0n) is 17.4. The van der Waals surface area contributed by atoms with Gasteiger partial charge in [0.25, 0.3) is 0 Å². The number of aldehydes is 1. The van der Waals surface area contributed by atoms with Crippen LogP contribution in [0.2, 0.25) is 0 Å². The van der Waals surface area contributed by atoms with Crippen molar-refractivity contribution in [2.45, 2.75) is 42.7 Å². The third-order valence-electron chi connectivity index (χ3n) is 5.79. The van der Waals surface area contributed by atoms with Crippen LogP contribution in [0.5, 0.6) is 5.75 Å². The lowest BCUT2D eigenvalue weighted by molar-refractivity contribution is -0.128. The predicted molar refractivity (Wildman–Crippen MR) is 120 cm³/mol. The minimum absolute atomic E-state index is 0.0667. The zero-order valence-corrected chi connectivity index (χ0v) is 18.2. The first kappa shape index (κ1) is 22.0. The minimum Gasteiger partial charge on any atom is -0.508 e. The fourth-order valence-corrected chi connectivity index (χ4v) is 5.88. The molecule has 0 bridgehead atoms. The second-order valence-corrected chi connectivity index (χ2v) is 9.83. The van der Waals surface area contributed by atoms with E-state index in [1.165, 1.54) is 28.6 Å². The normalized spacial score (nSPS) is 18.3. The number of phenolic OH excluding ortho intramolecular Hbond substituents is 1. The number of fused-ring (bicyclic) bond motifs is 1. The Morgan fingerprint density at radius 1 is 1.22 bits per heavy atom. The van der Waals surface area contributed by atoms with Gasteiger partial charge in [-0.3, -0.25) is 4.79 Å². The molecule has 2 atom stereocenters. The topological polar surface area (TPSA) is 120 Å². The van der Waals surface area contributed by atoms with Crippen LogP contribution in [0.25, 0.3) is 10.9 Å². The summed E-state index contributed by atoms with van der Waals surface area (Å²) in [6, 6.07) is 11.4.